The fourth-order valence-electron chi connectivity index (χ4n) is 3.84. The van der Waals surface area contributed by atoms with Crippen molar-refractivity contribution >= 4 is 21.6 Å². The van der Waals surface area contributed by atoms with Crippen LogP contribution in [-0.2, 0) is 20.2 Å². The van der Waals surface area contributed by atoms with Crippen molar-refractivity contribution in [2.75, 3.05) is 43.3 Å². The number of fused-ring (bicyclic) bond motifs is 2. The van der Waals surface area contributed by atoms with Crippen LogP contribution in [0.2, 0.25) is 0 Å². The van der Waals surface area contributed by atoms with Gasteiger partial charge in [-0.25, -0.2) is 8.42 Å². The molecule has 0 radical (unpaired) electrons. The first-order valence-corrected chi connectivity index (χ1v) is 10.1. The van der Waals surface area contributed by atoms with Gasteiger partial charge in [0.05, 0.1) is 18.0 Å². The number of sulfonamides is 1. The molecule has 0 saturated carbocycles. The number of benzene rings is 1. The number of rotatable bonds is 4. The van der Waals surface area contributed by atoms with E-state index in [0.717, 1.165) is 37.2 Å². The molecule has 0 aliphatic carbocycles. The van der Waals surface area contributed by atoms with Gasteiger partial charge >= 0.3 is 0 Å². The van der Waals surface area contributed by atoms with Crippen LogP contribution >= 0.6 is 0 Å². The first-order chi connectivity index (χ1) is 11.4. The Labute approximate surface area is 143 Å². The van der Waals surface area contributed by atoms with Crippen molar-refractivity contribution in [2.24, 2.45) is 0 Å². The summed E-state index contributed by atoms with van der Waals surface area (Å²) in [6.07, 6.45) is 1.74. The zero-order valence-corrected chi connectivity index (χ0v) is 15.1. The number of carbonyl (C=O) groups excluding carboxylic acids is 1. The quantitative estimate of drug-likeness (QED) is 0.876. The van der Waals surface area contributed by atoms with E-state index in [0.29, 0.717) is 13.1 Å². The molecule has 1 N–H and O–H groups in total. The van der Waals surface area contributed by atoms with Crippen LogP contribution in [-0.4, -0.2) is 58.2 Å². The number of amides is 1. The lowest BCUT2D eigenvalue weighted by molar-refractivity contribution is -0.122. The third-order valence-corrected chi connectivity index (χ3v) is 7.08. The molecule has 7 heteroatoms. The van der Waals surface area contributed by atoms with Crippen LogP contribution in [0.4, 0.5) is 5.69 Å². The Morgan fingerprint density at radius 3 is 2.54 bits per heavy atom. The molecule has 2 heterocycles. The van der Waals surface area contributed by atoms with Gasteiger partial charge in [0, 0.05) is 19.0 Å². The number of hydrogen-bond donors (Lipinski definition) is 1. The van der Waals surface area contributed by atoms with E-state index >= 15 is 0 Å². The van der Waals surface area contributed by atoms with E-state index in [1.807, 2.05) is 18.2 Å². The molecule has 1 saturated heterocycles. The fraction of sp³-hybridized carbons (Fsp3) is 0.588. The molecule has 0 unspecified atom stereocenters. The van der Waals surface area contributed by atoms with E-state index in [1.165, 1.54) is 0 Å². The maximum Gasteiger partial charge on any atom is 0.234 e. The van der Waals surface area contributed by atoms with Crippen molar-refractivity contribution in [1.82, 2.24) is 10.2 Å². The number of anilines is 1. The van der Waals surface area contributed by atoms with Crippen molar-refractivity contribution in [1.29, 1.82) is 0 Å². The number of nitrogens with zero attached hydrogens (tertiary/aromatic N) is 2. The van der Waals surface area contributed by atoms with Crippen LogP contribution in [0.15, 0.2) is 24.3 Å². The molecule has 0 bridgehead atoms. The summed E-state index contributed by atoms with van der Waals surface area (Å²) in [5.74, 6) is 0.133. The molecule has 0 aromatic heterocycles. The van der Waals surface area contributed by atoms with Gasteiger partial charge in [-0.15, -0.1) is 0 Å². The van der Waals surface area contributed by atoms with Gasteiger partial charge in [-0.1, -0.05) is 18.2 Å². The van der Waals surface area contributed by atoms with E-state index in [1.54, 1.807) is 18.3 Å². The lowest BCUT2D eigenvalue weighted by atomic mass is 9.74. The zero-order valence-electron chi connectivity index (χ0n) is 14.3. The van der Waals surface area contributed by atoms with E-state index in [9.17, 15) is 13.2 Å². The lowest BCUT2D eigenvalue weighted by Gasteiger charge is -2.39. The highest BCUT2D eigenvalue weighted by Crippen LogP contribution is 2.47. The lowest BCUT2D eigenvalue weighted by Crippen LogP contribution is -2.48. The van der Waals surface area contributed by atoms with E-state index in [2.05, 4.69) is 16.3 Å². The van der Waals surface area contributed by atoms with Crippen LogP contribution in [0.5, 0.6) is 0 Å². The largest absolute Gasteiger partial charge is 0.358 e. The van der Waals surface area contributed by atoms with Crippen LogP contribution in [0.1, 0.15) is 25.3 Å². The summed E-state index contributed by atoms with van der Waals surface area (Å²) < 4.78 is 26.6. The molecule has 132 valence electrons. The summed E-state index contributed by atoms with van der Waals surface area (Å²) in [6.45, 7) is 4.24. The summed E-state index contributed by atoms with van der Waals surface area (Å²) in [6, 6.07) is 7.86. The van der Waals surface area contributed by atoms with Crippen LogP contribution in [0.25, 0.3) is 0 Å². The van der Waals surface area contributed by atoms with E-state index in [-0.39, 0.29) is 17.1 Å². The molecule has 0 atom stereocenters. The Bertz CT molecular complexity index is 724. The Kier molecular flexibility index (Phi) is 4.57. The minimum atomic E-state index is -3.27. The third kappa shape index (κ3) is 2.91. The van der Waals surface area contributed by atoms with Crippen LogP contribution in [0, 0.1) is 0 Å². The molecule has 1 amide bonds. The molecule has 1 spiro atoms. The molecule has 6 nitrogen and oxygen atoms in total. The molecule has 1 aromatic carbocycles. The smallest absolute Gasteiger partial charge is 0.234 e. The van der Waals surface area contributed by atoms with Crippen LogP contribution in [0.3, 0.4) is 0 Å². The summed E-state index contributed by atoms with van der Waals surface area (Å²) in [7, 11) is -1.62. The van der Waals surface area contributed by atoms with Gasteiger partial charge in [-0.2, -0.15) is 0 Å². The highest BCUT2D eigenvalue weighted by Gasteiger charge is 2.47. The van der Waals surface area contributed by atoms with E-state index in [4.69, 9.17) is 0 Å². The van der Waals surface area contributed by atoms with Gasteiger partial charge in [0.15, 0.2) is 0 Å². The summed E-state index contributed by atoms with van der Waals surface area (Å²) in [5, 5.41) is 2.66. The standard InChI is InChI=1S/C17H25N3O3S/c1-3-24(22,23)20-13-17(14-6-4-5-7-15(14)20)8-10-19(11-9-17)12-16(21)18-2/h4-7H,3,8-13H2,1-2H3,(H,18,21). The average Bonchev–Trinajstić information content (AvgIpc) is 2.92. The molecule has 24 heavy (non-hydrogen) atoms. The summed E-state index contributed by atoms with van der Waals surface area (Å²) in [5.41, 5.74) is 1.85. The third-order valence-electron chi connectivity index (χ3n) is 5.35. The Morgan fingerprint density at radius 2 is 1.92 bits per heavy atom. The second-order valence-electron chi connectivity index (χ2n) is 6.65. The number of likely N-dealkylation sites (tertiary alicyclic amines) is 1. The number of carbonyl (C=O) groups is 1. The van der Waals surface area contributed by atoms with Gasteiger partial charge in [-0.3, -0.25) is 14.0 Å². The minimum absolute atomic E-state index is 0.0213. The maximum absolute atomic E-state index is 12.5. The number of hydrogen-bond acceptors (Lipinski definition) is 4. The Morgan fingerprint density at radius 1 is 1.25 bits per heavy atom. The highest BCUT2D eigenvalue weighted by atomic mass is 32.2. The van der Waals surface area contributed by atoms with Gasteiger partial charge in [0.25, 0.3) is 0 Å². The topological polar surface area (TPSA) is 69.7 Å². The number of piperidine rings is 1. The fourth-order valence-corrected chi connectivity index (χ4v) is 5.05. The Hall–Kier alpha value is -1.60. The van der Waals surface area contributed by atoms with Crippen molar-refractivity contribution in [2.45, 2.75) is 25.2 Å². The highest BCUT2D eigenvalue weighted by molar-refractivity contribution is 7.92. The normalized spacial score (nSPS) is 20.2. The first-order valence-electron chi connectivity index (χ1n) is 8.45. The average molecular weight is 351 g/mol. The molecule has 2 aliphatic rings. The monoisotopic (exact) mass is 351 g/mol. The predicted octanol–water partition coefficient (Wildman–Crippen LogP) is 0.936. The molecule has 1 fully saturated rings. The van der Waals surface area contributed by atoms with Gasteiger partial charge in [0.1, 0.15) is 0 Å². The van der Waals surface area contributed by atoms with E-state index < -0.39 is 10.0 Å². The van der Waals surface area contributed by atoms with Gasteiger partial charge in [-0.05, 0) is 44.5 Å². The van der Waals surface area contributed by atoms with Crippen molar-refractivity contribution in [3.8, 4) is 0 Å². The molecule has 3 rings (SSSR count). The second kappa shape index (κ2) is 6.37. The van der Waals surface area contributed by atoms with Crippen molar-refractivity contribution in [3.63, 3.8) is 0 Å². The number of para-hydroxylation sites is 1. The first kappa shape index (κ1) is 17.2. The second-order valence-corrected chi connectivity index (χ2v) is 8.84. The van der Waals surface area contributed by atoms with Gasteiger partial charge < -0.3 is 5.32 Å². The molecule has 1 aromatic rings. The SMILES string of the molecule is CCS(=O)(=O)N1CC2(CCN(CC(=O)NC)CC2)c2ccccc21. The molecular weight excluding hydrogens is 326 g/mol. The van der Waals surface area contributed by atoms with Gasteiger partial charge in [0.2, 0.25) is 15.9 Å². The minimum Gasteiger partial charge on any atom is -0.358 e. The number of likely N-dealkylation sites (N-methyl/N-ethyl adjacent to an activating group) is 1. The molecule has 2 aliphatic heterocycles. The molecular formula is C17H25N3O3S. The summed E-state index contributed by atoms with van der Waals surface area (Å²) in [4.78, 5) is 13.7. The zero-order chi connectivity index (χ0) is 17.4. The maximum atomic E-state index is 12.5. The van der Waals surface area contributed by atoms with Crippen LogP contribution < -0.4 is 9.62 Å². The summed E-state index contributed by atoms with van der Waals surface area (Å²) >= 11 is 0. The van der Waals surface area contributed by atoms with Crippen molar-refractivity contribution in [3.05, 3.63) is 29.8 Å². The van der Waals surface area contributed by atoms with Crippen molar-refractivity contribution < 1.29 is 13.2 Å². The predicted molar refractivity (Wildman–Crippen MR) is 94.7 cm³/mol. The Balaban J connectivity index is 1.84. The number of nitrogens with one attached hydrogen (secondary N) is 1.